The Hall–Kier alpha value is -7.12. The van der Waals surface area contributed by atoms with Gasteiger partial charge >= 0.3 is 5.97 Å². The van der Waals surface area contributed by atoms with Crippen molar-refractivity contribution in [1.82, 2.24) is 25.5 Å². The zero-order valence-corrected chi connectivity index (χ0v) is 40.5. The highest BCUT2D eigenvalue weighted by molar-refractivity contribution is 6.07. The summed E-state index contributed by atoms with van der Waals surface area (Å²) in [5.41, 5.74) is 20.2. The van der Waals surface area contributed by atoms with Gasteiger partial charge in [0.1, 0.15) is 11.9 Å². The van der Waals surface area contributed by atoms with Gasteiger partial charge in [0.25, 0.3) is 17.7 Å². The van der Waals surface area contributed by atoms with Crippen LogP contribution in [0.5, 0.6) is 0 Å². The van der Waals surface area contributed by atoms with Crippen LogP contribution in [0, 0.1) is 0 Å². The zero-order chi connectivity index (χ0) is 50.3. The minimum Gasteiger partial charge on any atom is -0.462 e. The van der Waals surface area contributed by atoms with E-state index < -0.39 is 0 Å². The van der Waals surface area contributed by atoms with Gasteiger partial charge in [0, 0.05) is 80.8 Å². The third kappa shape index (κ3) is 15.9. The number of nitrogens with two attached hydrogens (primary N) is 2. The summed E-state index contributed by atoms with van der Waals surface area (Å²) >= 11 is 0. The van der Waals surface area contributed by atoms with Crippen LogP contribution >= 0.6 is 0 Å². The van der Waals surface area contributed by atoms with Crippen molar-refractivity contribution < 1.29 is 42.9 Å². The predicted octanol–water partition coefficient (Wildman–Crippen LogP) is 5.43. The Bertz CT molecular complexity index is 2690. The highest BCUT2D eigenvalue weighted by Crippen LogP contribution is 2.28. The molecule has 0 unspecified atom stereocenters. The molecule has 2 aliphatic rings. The van der Waals surface area contributed by atoms with Crippen molar-refractivity contribution in [2.75, 3.05) is 92.1 Å². The topological polar surface area (TPSA) is 235 Å². The Balaban J connectivity index is 0.000000240. The van der Waals surface area contributed by atoms with Crippen molar-refractivity contribution in [2.45, 2.75) is 31.8 Å². The molecule has 8 rings (SSSR count). The Kier molecular flexibility index (Phi) is 20.5. The highest BCUT2D eigenvalue weighted by Gasteiger charge is 2.26. The molecule has 7 N–H and O–H groups in total. The molecule has 1 fully saturated rings. The number of aromatic nitrogens is 2. The lowest BCUT2D eigenvalue weighted by Gasteiger charge is -2.31. The average molecular weight is 981 g/mol. The molecular formula is C55H64N8O9. The summed E-state index contributed by atoms with van der Waals surface area (Å²) in [7, 11) is 0. The van der Waals surface area contributed by atoms with Crippen LogP contribution in [-0.2, 0) is 41.3 Å². The number of amides is 3. The van der Waals surface area contributed by atoms with Gasteiger partial charge in [0.15, 0.2) is 0 Å². The van der Waals surface area contributed by atoms with Gasteiger partial charge in [-0.2, -0.15) is 0 Å². The van der Waals surface area contributed by atoms with E-state index in [0.717, 1.165) is 45.8 Å². The Morgan fingerprint density at radius 2 is 1.22 bits per heavy atom. The van der Waals surface area contributed by atoms with E-state index in [1.165, 1.54) is 5.56 Å². The fourth-order valence-electron chi connectivity index (χ4n) is 8.04. The molecule has 3 amide bonds. The normalized spacial score (nSPS) is 13.2. The Labute approximate surface area is 419 Å². The van der Waals surface area contributed by atoms with Gasteiger partial charge in [-0.1, -0.05) is 66.7 Å². The lowest BCUT2D eigenvalue weighted by molar-refractivity contribution is -0.150. The quantitative estimate of drug-likeness (QED) is 0.0378. The van der Waals surface area contributed by atoms with Gasteiger partial charge in [-0.05, 0) is 71.3 Å². The number of likely N-dealkylation sites (tertiary alicyclic amines) is 1. The first kappa shape index (κ1) is 52.7. The van der Waals surface area contributed by atoms with E-state index in [1.54, 1.807) is 29.2 Å². The lowest BCUT2D eigenvalue weighted by atomic mass is 10.0. The fraction of sp³-hybridized carbons (Fsp3) is 0.345. The van der Waals surface area contributed by atoms with E-state index in [1.807, 2.05) is 91.0 Å². The number of ether oxygens (including phenoxy) is 5. The molecule has 17 heteroatoms. The number of carbonyl (C=O) groups excluding carboxylic acids is 4. The van der Waals surface area contributed by atoms with Crippen molar-refractivity contribution in [2.24, 2.45) is 16.5 Å². The summed E-state index contributed by atoms with van der Waals surface area (Å²) in [6, 6.07) is 37.9. The van der Waals surface area contributed by atoms with Gasteiger partial charge in [-0.25, -0.2) is 4.98 Å². The number of rotatable bonds is 24. The van der Waals surface area contributed by atoms with Gasteiger partial charge in [-0.15, -0.1) is 0 Å². The van der Waals surface area contributed by atoms with Gasteiger partial charge in [0.05, 0.1) is 81.7 Å². The average Bonchev–Trinajstić information content (AvgIpc) is 4.06. The highest BCUT2D eigenvalue weighted by atomic mass is 16.5. The number of hydrogen-bond donors (Lipinski definition) is 5. The van der Waals surface area contributed by atoms with Crippen molar-refractivity contribution >= 4 is 46.1 Å². The number of H-pyrrole nitrogens is 1. The fourth-order valence-corrected chi connectivity index (χ4v) is 8.04. The van der Waals surface area contributed by atoms with Crippen LogP contribution in [0.1, 0.15) is 60.6 Å². The third-order valence-corrected chi connectivity index (χ3v) is 11.8. The van der Waals surface area contributed by atoms with Crippen LogP contribution in [0.25, 0.3) is 22.4 Å². The second-order valence-corrected chi connectivity index (χ2v) is 17.0. The van der Waals surface area contributed by atoms with E-state index >= 15 is 0 Å². The molecule has 3 heterocycles. The van der Waals surface area contributed by atoms with Crippen LogP contribution in [0.4, 0.5) is 5.69 Å². The molecule has 0 aliphatic carbocycles. The molecule has 5 aromatic carbocycles. The minimum absolute atomic E-state index is 0.0471. The molecule has 1 aromatic heterocycles. The minimum atomic E-state index is -0.358. The molecule has 0 atom stereocenters. The number of imidazole rings is 1. The molecule has 0 bridgehead atoms. The summed E-state index contributed by atoms with van der Waals surface area (Å²) in [5, 5.41) is 5.66. The SMILES string of the molecule is NCCOCCOCCNC(=O)c1ccc(C2=Nc3ccccc3C2)cc1.NCCOCCOCCNC(=O)c1cccc(CC(=O)OC2CCN(C(=O)c3ccc(-c4nc5ccccc5[nH]4)cc3)CC2)c1. The Morgan fingerprint density at radius 1 is 0.625 bits per heavy atom. The first-order valence-electron chi connectivity index (χ1n) is 24.4. The van der Waals surface area contributed by atoms with Crippen LogP contribution < -0.4 is 22.1 Å². The molecule has 2 aliphatic heterocycles. The number of esters is 1. The van der Waals surface area contributed by atoms with E-state index in [4.69, 9.17) is 35.2 Å². The largest absolute Gasteiger partial charge is 0.462 e. The third-order valence-electron chi connectivity index (χ3n) is 11.8. The zero-order valence-electron chi connectivity index (χ0n) is 40.5. The number of carbonyl (C=O) groups is 4. The van der Waals surface area contributed by atoms with Gasteiger partial charge < -0.3 is 55.7 Å². The standard InChI is InChI=1S/C34H39N5O6.C21H25N3O3/c35-14-18-43-20-21-44-19-15-36-33(41)27-5-3-4-24(22-27)23-31(40)45-28-12-16-39(17-13-28)34(42)26-10-8-25(9-11-26)32-37-29-6-1-2-7-30(29)38-32;22-9-11-26-13-14-27-12-10-23-21(25)17-7-5-16(6-8-17)20-15-18-3-1-2-4-19(18)24-20/h1-11,22,28H,12-21,23,35H2,(H,36,41)(H,37,38);1-8H,9-15,22H2,(H,23,25). The number of aliphatic imine (C=N–C) groups is 1. The van der Waals surface area contributed by atoms with Crippen molar-refractivity contribution in [3.63, 3.8) is 0 Å². The summed E-state index contributed by atoms with van der Waals surface area (Å²) in [6.07, 6.45) is 1.76. The van der Waals surface area contributed by atoms with Crippen molar-refractivity contribution in [3.05, 3.63) is 155 Å². The van der Waals surface area contributed by atoms with Crippen molar-refractivity contribution in [3.8, 4) is 11.4 Å². The van der Waals surface area contributed by atoms with Crippen LogP contribution in [0.15, 0.2) is 126 Å². The molecular weight excluding hydrogens is 917 g/mol. The molecule has 17 nitrogen and oxygen atoms in total. The molecule has 1 saturated heterocycles. The van der Waals surface area contributed by atoms with Gasteiger partial charge in [0.2, 0.25) is 0 Å². The first-order chi connectivity index (χ1) is 35.3. The molecule has 0 radical (unpaired) electrons. The maximum absolute atomic E-state index is 13.1. The molecule has 378 valence electrons. The number of aromatic amines is 1. The molecule has 0 spiro atoms. The molecule has 6 aromatic rings. The molecule has 0 saturated carbocycles. The number of hydrogen-bond acceptors (Lipinski definition) is 13. The second-order valence-electron chi connectivity index (χ2n) is 17.0. The first-order valence-corrected chi connectivity index (χ1v) is 24.4. The number of piperidine rings is 1. The number of nitrogens with zero attached hydrogens (tertiary/aromatic N) is 3. The van der Waals surface area contributed by atoms with E-state index in [2.05, 4.69) is 31.7 Å². The van der Waals surface area contributed by atoms with Crippen molar-refractivity contribution in [1.29, 1.82) is 0 Å². The predicted molar refractivity (Wildman–Crippen MR) is 276 cm³/mol. The van der Waals surface area contributed by atoms with E-state index in [0.29, 0.717) is 127 Å². The van der Waals surface area contributed by atoms with E-state index in [-0.39, 0.29) is 36.2 Å². The smallest absolute Gasteiger partial charge is 0.310 e. The summed E-state index contributed by atoms with van der Waals surface area (Å²) < 4.78 is 27.0. The summed E-state index contributed by atoms with van der Waals surface area (Å²) in [5.74, 6) is 0.00322. The monoisotopic (exact) mass is 980 g/mol. The Morgan fingerprint density at radius 3 is 1.88 bits per heavy atom. The number of benzene rings is 5. The summed E-state index contributed by atoms with van der Waals surface area (Å²) in [4.78, 5) is 65.0. The van der Waals surface area contributed by atoms with Gasteiger partial charge in [-0.3, -0.25) is 24.2 Å². The maximum Gasteiger partial charge on any atom is 0.310 e. The maximum atomic E-state index is 13.1. The van der Waals surface area contributed by atoms with Crippen LogP contribution in [0.3, 0.4) is 0 Å². The number of para-hydroxylation sites is 3. The number of nitrogens with one attached hydrogen (secondary N) is 3. The number of fused-ring (bicyclic) bond motifs is 2. The van der Waals surface area contributed by atoms with Crippen LogP contribution in [-0.4, -0.2) is 142 Å². The lowest BCUT2D eigenvalue weighted by Crippen LogP contribution is -2.41. The van der Waals surface area contributed by atoms with Crippen LogP contribution in [0.2, 0.25) is 0 Å². The summed E-state index contributed by atoms with van der Waals surface area (Å²) in [6.45, 7) is 6.54. The second kappa shape index (κ2) is 28.1. The molecule has 72 heavy (non-hydrogen) atoms. The van der Waals surface area contributed by atoms with E-state index in [9.17, 15) is 19.2 Å².